The van der Waals surface area contributed by atoms with E-state index in [0.717, 1.165) is 31.0 Å². The lowest BCUT2D eigenvalue weighted by atomic mass is 10.1. The molecular formula is C40H42ClFN8O8. The number of imide groups is 2. The van der Waals surface area contributed by atoms with Crippen molar-refractivity contribution in [1.82, 2.24) is 30.4 Å². The summed E-state index contributed by atoms with van der Waals surface area (Å²) in [5, 5.41) is 11.8. The Morgan fingerprint density at radius 2 is 1.78 bits per heavy atom. The molecule has 0 aliphatic carbocycles. The van der Waals surface area contributed by atoms with Crippen LogP contribution in [0.25, 0.3) is 10.9 Å². The quantitative estimate of drug-likeness (QED) is 0.0936. The first kappa shape index (κ1) is 40.4. The largest absolute Gasteiger partial charge is 0.490 e. The summed E-state index contributed by atoms with van der Waals surface area (Å²) in [5.74, 6) is -2.06. The highest BCUT2D eigenvalue weighted by atomic mass is 35.5. The molecule has 4 aromatic rings. The number of carbonyl (C=O) groups excluding carboxylic acids is 5. The minimum absolute atomic E-state index is 0.000141. The Hall–Kier alpha value is -5.75. The smallest absolute Gasteiger partial charge is 0.264 e. The van der Waals surface area contributed by atoms with Crippen LogP contribution < -0.4 is 30.7 Å². The maximum atomic E-state index is 13.8. The Labute approximate surface area is 337 Å². The van der Waals surface area contributed by atoms with Crippen LogP contribution in [0.5, 0.6) is 11.5 Å². The topological polar surface area (TPSA) is 193 Å². The van der Waals surface area contributed by atoms with Crippen LogP contribution in [0.15, 0.2) is 54.9 Å². The Morgan fingerprint density at radius 1 is 0.983 bits per heavy atom. The lowest BCUT2D eigenvalue weighted by Gasteiger charge is -2.26. The number of amides is 5. The first-order valence-electron chi connectivity index (χ1n) is 19.1. The first-order valence-corrected chi connectivity index (χ1v) is 19.5. The van der Waals surface area contributed by atoms with Crippen LogP contribution in [-0.4, -0.2) is 114 Å². The first-order chi connectivity index (χ1) is 28.2. The minimum Gasteiger partial charge on any atom is -0.490 e. The number of ether oxygens (including phenoxy) is 3. The number of rotatable bonds is 16. The SMILES string of the molecule is O=C1CCC[C@H](N2C(=O)c3cccc(NC(=O)CNCCCOc4cc5ncnc(Nc6ccc(F)c(Cl)c6)c5cc4OCCCN4CCOCC4)c3C2=O)C(=O)N1. The molecule has 58 heavy (non-hydrogen) atoms. The molecule has 3 aromatic carbocycles. The molecule has 0 radical (unpaired) electrons. The molecule has 2 saturated heterocycles. The van der Waals surface area contributed by atoms with Gasteiger partial charge >= 0.3 is 0 Å². The van der Waals surface area contributed by atoms with Crippen molar-refractivity contribution in [3.05, 3.63) is 76.8 Å². The van der Waals surface area contributed by atoms with E-state index >= 15 is 0 Å². The zero-order chi connectivity index (χ0) is 40.6. The Balaban J connectivity index is 0.946. The van der Waals surface area contributed by atoms with E-state index in [-0.39, 0.29) is 47.8 Å². The number of carbonyl (C=O) groups is 5. The summed E-state index contributed by atoms with van der Waals surface area (Å²) in [6, 6.07) is 11.3. The lowest BCUT2D eigenvalue weighted by molar-refractivity contribution is -0.131. The maximum absolute atomic E-state index is 13.8. The highest BCUT2D eigenvalue weighted by molar-refractivity contribution is 6.31. The average Bonchev–Trinajstić information content (AvgIpc) is 3.34. The summed E-state index contributed by atoms with van der Waals surface area (Å²) >= 11 is 6.01. The molecule has 3 aliphatic rings. The van der Waals surface area contributed by atoms with Crippen molar-refractivity contribution in [3.8, 4) is 11.5 Å². The van der Waals surface area contributed by atoms with Crippen molar-refractivity contribution in [1.29, 1.82) is 0 Å². The van der Waals surface area contributed by atoms with Gasteiger partial charge in [0.25, 0.3) is 11.8 Å². The highest BCUT2D eigenvalue weighted by Gasteiger charge is 2.45. The lowest BCUT2D eigenvalue weighted by Crippen LogP contribution is -2.49. The van der Waals surface area contributed by atoms with Gasteiger partial charge in [-0.15, -0.1) is 0 Å². The molecule has 304 valence electrons. The van der Waals surface area contributed by atoms with Crippen LogP contribution in [0.1, 0.15) is 52.8 Å². The molecule has 4 N–H and O–H groups in total. The maximum Gasteiger partial charge on any atom is 0.264 e. The van der Waals surface area contributed by atoms with Gasteiger partial charge in [0.05, 0.1) is 60.3 Å². The summed E-state index contributed by atoms with van der Waals surface area (Å²) < 4.78 is 31.7. The number of hydrogen-bond acceptors (Lipinski definition) is 13. The molecule has 1 aromatic heterocycles. The predicted molar refractivity (Wildman–Crippen MR) is 211 cm³/mol. The van der Waals surface area contributed by atoms with Crippen molar-refractivity contribution in [2.45, 2.75) is 38.1 Å². The second-order valence-electron chi connectivity index (χ2n) is 13.9. The van der Waals surface area contributed by atoms with E-state index in [1.807, 2.05) is 0 Å². The molecule has 0 spiro atoms. The van der Waals surface area contributed by atoms with Crippen LogP contribution in [0, 0.1) is 5.82 Å². The Morgan fingerprint density at radius 3 is 2.59 bits per heavy atom. The zero-order valence-electron chi connectivity index (χ0n) is 31.5. The normalized spacial score (nSPS) is 17.2. The van der Waals surface area contributed by atoms with Gasteiger partial charge in [-0.05, 0) is 68.6 Å². The third-order valence-corrected chi connectivity index (χ3v) is 10.2. The molecule has 0 unspecified atom stereocenters. The zero-order valence-corrected chi connectivity index (χ0v) is 32.2. The van der Waals surface area contributed by atoms with E-state index in [1.54, 1.807) is 24.3 Å². The third kappa shape index (κ3) is 9.50. The van der Waals surface area contributed by atoms with Crippen LogP contribution in [-0.2, 0) is 19.1 Å². The minimum atomic E-state index is -1.13. The monoisotopic (exact) mass is 816 g/mol. The van der Waals surface area contributed by atoms with Gasteiger partial charge < -0.3 is 30.2 Å². The molecule has 4 heterocycles. The fourth-order valence-corrected chi connectivity index (χ4v) is 7.16. The number of morpholine rings is 1. The predicted octanol–water partition coefficient (Wildman–Crippen LogP) is 4.06. The number of anilines is 3. The molecule has 5 amide bonds. The molecular weight excluding hydrogens is 775 g/mol. The molecule has 0 bridgehead atoms. The summed E-state index contributed by atoms with van der Waals surface area (Å²) in [5.41, 5.74) is 1.35. The summed E-state index contributed by atoms with van der Waals surface area (Å²) in [6.07, 6.45) is 3.31. The molecule has 1 atom stereocenters. The number of halogens is 2. The van der Waals surface area contributed by atoms with Crippen molar-refractivity contribution in [3.63, 3.8) is 0 Å². The van der Waals surface area contributed by atoms with Gasteiger partial charge in [-0.25, -0.2) is 14.4 Å². The van der Waals surface area contributed by atoms with Gasteiger partial charge in [-0.3, -0.25) is 39.1 Å². The van der Waals surface area contributed by atoms with E-state index in [4.69, 9.17) is 25.8 Å². The van der Waals surface area contributed by atoms with Crippen molar-refractivity contribution in [2.24, 2.45) is 0 Å². The number of aromatic nitrogens is 2. The number of nitrogens with one attached hydrogen (secondary N) is 4. The molecule has 0 saturated carbocycles. The van der Waals surface area contributed by atoms with E-state index in [9.17, 15) is 28.4 Å². The van der Waals surface area contributed by atoms with Crippen LogP contribution in [0.4, 0.5) is 21.6 Å². The fraction of sp³-hybridized carbons (Fsp3) is 0.375. The van der Waals surface area contributed by atoms with Gasteiger partial charge in [0.15, 0.2) is 11.5 Å². The van der Waals surface area contributed by atoms with Crippen LogP contribution in [0.2, 0.25) is 5.02 Å². The Bertz CT molecular complexity index is 2220. The van der Waals surface area contributed by atoms with Crippen molar-refractivity contribution >= 4 is 69.2 Å². The van der Waals surface area contributed by atoms with Crippen molar-refractivity contribution < 1.29 is 42.6 Å². The number of hydrogen-bond donors (Lipinski definition) is 4. The van der Waals surface area contributed by atoms with E-state index in [1.165, 1.54) is 30.6 Å². The van der Waals surface area contributed by atoms with Gasteiger partial charge in [0.2, 0.25) is 17.7 Å². The van der Waals surface area contributed by atoms with Crippen LogP contribution >= 0.6 is 11.6 Å². The molecule has 3 aliphatic heterocycles. The summed E-state index contributed by atoms with van der Waals surface area (Å²) in [4.78, 5) is 76.2. The average molecular weight is 817 g/mol. The van der Waals surface area contributed by atoms with Crippen LogP contribution in [0.3, 0.4) is 0 Å². The Kier molecular flexibility index (Phi) is 13.0. The van der Waals surface area contributed by atoms with Gasteiger partial charge in [0.1, 0.15) is 24.0 Å². The molecule has 2 fully saturated rings. The van der Waals surface area contributed by atoms with E-state index in [0.29, 0.717) is 73.1 Å². The van der Waals surface area contributed by atoms with Gasteiger partial charge in [0, 0.05) is 43.2 Å². The second-order valence-corrected chi connectivity index (χ2v) is 14.3. The van der Waals surface area contributed by atoms with E-state index in [2.05, 4.69) is 36.1 Å². The summed E-state index contributed by atoms with van der Waals surface area (Å²) in [7, 11) is 0. The van der Waals surface area contributed by atoms with E-state index < -0.39 is 41.4 Å². The number of benzene rings is 3. The number of nitrogens with zero attached hydrogens (tertiary/aromatic N) is 4. The highest BCUT2D eigenvalue weighted by Crippen LogP contribution is 2.36. The molecule has 16 nitrogen and oxygen atoms in total. The molecule has 18 heteroatoms. The third-order valence-electron chi connectivity index (χ3n) is 9.88. The standard InChI is InChI=1S/C40H42ClFN8O8/c41-27-19-24(9-10-28(27)42)46-37-26-20-32(58-16-4-12-49-13-17-56-18-14-49)33(21-30(26)44-23-45-37)57-15-3-11-43-22-35(52)47-29-6-1-5-25-36(29)40(55)50(39(25)54)31-7-2-8-34(51)48-38(31)53/h1,5-6,9-10,19-21,23,31,43H,2-4,7-8,11-18,22H2,(H,47,52)(H,44,45,46)(H,48,51,53)/t31-/m0/s1. The van der Waals surface area contributed by atoms with Gasteiger partial charge in [-0.1, -0.05) is 17.7 Å². The second kappa shape index (κ2) is 18.7. The molecule has 7 rings (SSSR count). The van der Waals surface area contributed by atoms with Gasteiger partial charge in [-0.2, -0.15) is 0 Å². The summed E-state index contributed by atoms with van der Waals surface area (Å²) in [6.45, 7) is 5.04. The van der Waals surface area contributed by atoms with Crippen molar-refractivity contribution in [2.75, 3.05) is 69.8 Å². The fourth-order valence-electron chi connectivity index (χ4n) is 6.98. The number of fused-ring (bicyclic) bond motifs is 2.